The van der Waals surface area contributed by atoms with Crippen LogP contribution in [0.4, 0.5) is 5.82 Å². The number of aromatic nitrogens is 1. The van der Waals surface area contributed by atoms with E-state index in [2.05, 4.69) is 4.98 Å². The van der Waals surface area contributed by atoms with E-state index in [0.717, 1.165) is 25.7 Å². The van der Waals surface area contributed by atoms with Crippen LogP contribution in [0.25, 0.3) is 0 Å². The molecule has 2 atom stereocenters. The van der Waals surface area contributed by atoms with E-state index in [1.807, 2.05) is 4.90 Å². The first-order chi connectivity index (χ1) is 9.98. The monoisotopic (exact) mass is 310 g/mol. The molecule has 114 valence electrons. The fraction of sp³-hybridized carbons (Fsp3) is 0.600. The zero-order valence-electron chi connectivity index (χ0n) is 11.8. The molecule has 2 N–H and O–H groups in total. The molecular weight excluding hydrogens is 292 g/mol. The van der Waals surface area contributed by atoms with Gasteiger partial charge in [0.05, 0.1) is 11.2 Å². The predicted molar refractivity (Wildman–Crippen MR) is 79.9 cm³/mol. The Balaban J connectivity index is 1.83. The van der Waals surface area contributed by atoms with Crippen molar-refractivity contribution in [3.8, 4) is 0 Å². The standard InChI is InChI=1S/C15H19ClN2O3/c16-12-7-10(14(19)20)8-13(17-12)18-6-5-15(21)4-2-1-3-11(15)9-18/h7-8,11,21H,1-6,9H2,(H,19,20). The maximum absolute atomic E-state index is 11.1. The summed E-state index contributed by atoms with van der Waals surface area (Å²) in [7, 11) is 0. The molecule has 0 bridgehead atoms. The van der Waals surface area contributed by atoms with Crippen molar-refractivity contribution in [3.63, 3.8) is 0 Å². The van der Waals surface area contributed by atoms with Crippen molar-refractivity contribution in [2.45, 2.75) is 37.7 Å². The quantitative estimate of drug-likeness (QED) is 0.821. The van der Waals surface area contributed by atoms with E-state index in [9.17, 15) is 9.90 Å². The summed E-state index contributed by atoms with van der Waals surface area (Å²) >= 11 is 5.93. The third kappa shape index (κ3) is 2.85. The average Bonchev–Trinajstić information content (AvgIpc) is 2.45. The van der Waals surface area contributed by atoms with Crippen molar-refractivity contribution < 1.29 is 15.0 Å². The number of carboxylic acids is 1. The highest BCUT2D eigenvalue weighted by Crippen LogP contribution is 2.40. The molecule has 0 spiro atoms. The predicted octanol–water partition coefficient (Wildman–Crippen LogP) is 2.56. The van der Waals surface area contributed by atoms with Crippen LogP contribution in [0.2, 0.25) is 5.15 Å². The zero-order chi connectivity index (χ0) is 15.0. The highest BCUT2D eigenvalue weighted by Gasteiger charge is 2.43. The number of pyridine rings is 1. The van der Waals surface area contributed by atoms with Crippen LogP contribution in [0.3, 0.4) is 0 Å². The number of carboxylic acid groups (broad SMARTS) is 1. The molecular formula is C15H19ClN2O3. The largest absolute Gasteiger partial charge is 0.478 e. The number of nitrogens with zero attached hydrogens (tertiary/aromatic N) is 2. The van der Waals surface area contributed by atoms with Crippen LogP contribution in [-0.4, -0.2) is 39.9 Å². The number of anilines is 1. The van der Waals surface area contributed by atoms with E-state index in [0.29, 0.717) is 25.3 Å². The minimum Gasteiger partial charge on any atom is -0.478 e. The molecule has 1 aromatic rings. The van der Waals surface area contributed by atoms with E-state index < -0.39 is 11.6 Å². The molecule has 0 aromatic carbocycles. The lowest BCUT2D eigenvalue weighted by atomic mass is 9.71. The zero-order valence-corrected chi connectivity index (χ0v) is 12.5. The number of hydrogen-bond donors (Lipinski definition) is 2. The van der Waals surface area contributed by atoms with Crippen molar-refractivity contribution in [1.82, 2.24) is 4.98 Å². The van der Waals surface area contributed by atoms with Crippen LogP contribution >= 0.6 is 11.6 Å². The van der Waals surface area contributed by atoms with Gasteiger partial charge in [0.25, 0.3) is 0 Å². The third-order valence-electron chi connectivity index (χ3n) is 4.78. The number of aromatic carboxylic acids is 1. The van der Waals surface area contributed by atoms with Crippen LogP contribution in [0.1, 0.15) is 42.5 Å². The van der Waals surface area contributed by atoms with Crippen LogP contribution in [-0.2, 0) is 0 Å². The van der Waals surface area contributed by atoms with Crippen LogP contribution in [0.5, 0.6) is 0 Å². The van der Waals surface area contributed by atoms with Crippen LogP contribution in [0.15, 0.2) is 12.1 Å². The Labute approximate surface area is 128 Å². The minimum atomic E-state index is -1.01. The first-order valence-electron chi connectivity index (χ1n) is 7.36. The number of aliphatic hydroxyl groups is 1. The molecule has 21 heavy (non-hydrogen) atoms. The lowest BCUT2D eigenvalue weighted by Gasteiger charge is -2.47. The molecule has 1 aliphatic carbocycles. The number of rotatable bonds is 2. The molecule has 3 rings (SSSR count). The highest BCUT2D eigenvalue weighted by molar-refractivity contribution is 6.29. The van der Waals surface area contributed by atoms with E-state index in [1.165, 1.54) is 6.07 Å². The molecule has 2 unspecified atom stereocenters. The molecule has 2 fully saturated rings. The fourth-order valence-electron chi connectivity index (χ4n) is 3.55. The lowest BCUT2D eigenvalue weighted by Crippen LogP contribution is -2.53. The molecule has 1 saturated heterocycles. The van der Waals surface area contributed by atoms with Gasteiger partial charge >= 0.3 is 5.97 Å². The Kier molecular flexibility index (Phi) is 3.80. The van der Waals surface area contributed by atoms with Gasteiger partial charge < -0.3 is 15.1 Å². The molecule has 6 heteroatoms. The number of hydrogen-bond acceptors (Lipinski definition) is 4. The molecule has 5 nitrogen and oxygen atoms in total. The molecule has 0 radical (unpaired) electrons. The van der Waals surface area contributed by atoms with Gasteiger partial charge in [0.1, 0.15) is 11.0 Å². The van der Waals surface area contributed by atoms with E-state index in [1.54, 1.807) is 6.07 Å². The molecule has 2 heterocycles. The fourth-order valence-corrected chi connectivity index (χ4v) is 3.75. The van der Waals surface area contributed by atoms with Crippen molar-refractivity contribution in [2.24, 2.45) is 5.92 Å². The van der Waals surface area contributed by atoms with E-state index in [-0.39, 0.29) is 16.6 Å². The molecule has 2 aliphatic rings. The van der Waals surface area contributed by atoms with E-state index in [4.69, 9.17) is 16.7 Å². The Bertz CT molecular complexity index is 566. The lowest BCUT2D eigenvalue weighted by molar-refractivity contribution is -0.0613. The Morgan fingerprint density at radius 3 is 2.95 bits per heavy atom. The van der Waals surface area contributed by atoms with Crippen molar-refractivity contribution in [1.29, 1.82) is 0 Å². The Hall–Kier alpha value is -1.33. The van der Waals surface area contributed by atoms with Crippen LogP contribution in [0, 0.1) is 5.92 Å². The number of piperidine rings is 1. The second-order valence-electron chi connectivity index (χ2n) is 6.08. The molecule has 1 aromatic heterocycles. The summed E-state index contributed by atoms with van der Waals surface area (Å²) < 4.78 is 0. The van der Waals surface area contributed by atoms with Crippen molar-refractivity contribution in [3.05, 3.63) is 22.8 Å². The topological polar surface area (TPSA) is 73.7 Å². The summed E-state index contributed by atoms with van der Waals surface area (Å²) in [4.78, 5) is 17.4. The smallest absolute Gasteiger partial charge is 0.335 e. The maximum atomic E-state index is 11.1. The SMILES string of the molecule is O=C(O)c1cc(Cl)nc(N2CCC3(O)CCCCC3C2)c1. The third-order valence-corrected chi connectivity index (χ3v) is 4.97. The normalized spacial score (nSPS) is 29.0. The van der Waals surface area contributed by atoms with Gasteiger partial charge in [-0.2, -0.15) is 0 Å². The van der Waals surface area contributed by atoms with Gasteiger partial charge in [-0.3, -0.25) is 0 Å². The minimum absolute atomic E-state index is 0.148. The maximum Gasteiger partial charge on any atom is 0.335 e. The average molecular weight is 311 g/mol. The second-order valence-corrected chi connectivity index (χ2v) is 6.47. The molecule has 0 amide bonds. The van der Waals surface area contributed by atoms with Crippen molar-refractivity contribution >= 4 is 23.4 Å². The van der Waals surface area contributed by atoms with Gasteiger partial charge in [-0.15, -0.1) is 0 Å². The number of carbonyl (C=O) groups is 1. The summed E-state index contributed by atoms with van der Waals surface area (Å²) in [5.74, 6) is -0.187. The van der Waals surface area contributed by atoms with Gasteiger partial charge in [-0.25, -0.2) is 9.78 Å². The summed E-state index contributed by atoms with van der Waals surface area (Å²) in [6, 6.07) is 2.91. The number of fused-ring (bicyclic) bond motifs is 1. The summed E-state index contributed by atoms with van der Waals surface area (Å²) in [5, 5.41) is 20.0. The second kappa shape index (κ2) is 5.46. The molecule has 1 saturated carbocycles. The van der Waals surface area contributed by atoms with Gasteiger partial charge in [0.2, 0.25) is 0 Å². The van der Waals surface area contributed by atoms with E-state index >= 15 is 0 Å². The number of halogens is 1. The van der Waals surface area contributed by atoms with Crippen molar-refractivity contribution in [2.75, 3.05) is 18.0 Å². The Morgan fingerprint density at radius 2 is 2.19 bits per heavy atom. The van der Waals surface area contributed by atoms with Gasteiger partial charge in [-0.05, 0) is 31.4 Å². The summed E-state index contributed by atoms with van der Waals surface area (Å²) in [5.41, 5.74) is -0.405. The highest BCUT2D eigenvalue weighted by atomic mass is 35.5. The summed E-state index contributed by atoms with van der Waals surface area (Å²) in [6.07, 6.45) is 4.82. The first-order valence-corrected chi connectivity index (χ1v) is 7.74. The van der Waals surface area contributed by atoms with Gasteiger partial charge in [0.15, 0.2) is 0 Å². The summed E-state index contributed by atoms with van der Waals surface area (Å²) in [6.45, 7) is 1.39. The first kappa shape index (κ1) is 14.6. The molecule has 1 aliphatic heterocycles. The van der Waals surface area contributed by atoms with Gasteiger partial charge in [-0.1, -0.05) is 24.4 Å². The van der Waals surface area contributed by atoms with Crippen LogP contribution < -0.4 is 4.90 Å². The Morgan fingerprint density at radius 1 is 1.38 bits per heavy atom. The van der Waals surface area contributed by atoms with Gasteiger partial charge in [0, 0.05) is 19.0 Å².